The Morgan fingerprint density at radius 2 is 2.20 bits per heavy atom. The molecule has 20 heavy (non-hydrogen) atoms. The number of rotatable bonds is 6. The van der Waals surface area contributed by atoms with Crippen molar-refractivity contribution in [3.8, 4) is 35.7 Å². The van der Waals surface area contributed by atoms with Gasteiger partial charge < -0.3 is 14.6 Å². The van der Waals surface area contributed by atoms with E-state index in [9.17, 15) is 4.79 Å². The average molecular weight is 272 g/mol. The summed E-state index contributed by atoms with van der Waals surface area (Å²) in [4.78, 5) is 11.1. The first-order valence-electron chi connectivity index (χ1n) is 6.00. The third-order valence-electron chi connectivity index (χ3n) is 2.60. The minimum absolute atomic E-state index is 0.148. The van der Waals surface area contributed by atoms with Crippen LogP contribution in [0.4, 0.5) is 0 Å². The van der Waals surface area contributed by atoms with Crippen molar-refractivity contribution in [2.24, 2.45) is 5.92 Å². The molecule has 0 fully saturated rings. The van der Waals surface area contributed by atoms with Crippen molar-refractivity contribution in [2.45, 2.75) is 13.3 Å². The van der Waals surface area contributed by atoms with E-state index in [2.05, 4.69) is 17.8 Å². The molecule has 0 aromatic heterocycles. The largest absolute Gasteiger partial charge is 0.493 e. The van der Waals surface area contributed by atoms with Gasteiger partial charge in [0.1, 0.15) is 12.5 Å². The van der Waals surface area contributed by atoms with Gasteiger partial charge in [0.15, 0.2) is 11.5 Å². The molecule has 1 atom stereocenters. The Morgan fingerprint density at radius 3 is 2.75 bits per heavy atom. The first-order chi connectivity index (χ1) is 9.62. The van der Waals surface area contributed by atoms with E-state index >= 15 is 0 Å². The van der Waals surface area contributed by atoms with Gasteiger partial charge in [0.05, 0.1) is 7.11 Å². The predicted molar refractivity (Wildman–Crippen MR) is 75.6 cm³/mol. The van der Waals surface area contributed by atoms with Crippen LogP contribution in [0.5, 0.6) is 11.5 Å². The summed E-state index contributed by atoms with van der Waals surface area (Å²) in [6, 6.07) is 5.23. The maximum Gasteiger partial charge on any atom is 0.319 e. The number of benzene rings is 1. The molecule has 0 bridgehead atoms. The molecule has 0 heterocycles. The summed E-state index contributed by atoms with van der Waals surface area (Å²) in [6.07, 6.45) is 5.44. The number of ether oxygens (including phenoxy) is 2. The number of carboxylic acid groups (broad SMARTS) is 1. The SMILES string of the molecule is C#CCOc1ccc(CC(C#CC)C(=O)O)cc1OC. The highest BCUT2D eigenvalue weighted by molar-refractivity contribution is 5.74. The monoisotopic (exact) mass is 272 g/mol. The van der Waals surface area contributed by atoms with Gasteiger partial charge in [-0.2, -0.15) is 0 Å². The molecule has 1 rings (SSSR count). The van der Waals surface area contributed by atoms with Gasteiger partial charge in [-0.25, -0.2) is 0 Å². The molecular formula is C16H16O4. The van der Waals surface area contributed by atoms with Crippen molar-refractivity contribution in [3.05, 3.63) is 23.8 Å². The van der Waals surface area contributed by atoms with Crippen LogP contribution < -0.4 is 9.47 Å². The molecule has 0 saturated carbocycles. The Labute approximate surface area is 118 Å². The van der Waals surface area contributed by atoms with Gasteiger partial charge >= 0.3 is 5.97 Å². The first kappa shape index (κ1) is 15.5. The number of carbonyl (C=O) groups is 1. The second-order valence-corrected chi connectivity index (χ2v) is 3.97. The lowest BCUT2D eigenvalue weighted by Crippen LogP contribution is -2.14. The normalized spacial score (nSPS) is 10.7. The van der Waals surface area contributed by atoms with Crippen LogP contribution in [-0.2, 0) is 11.2 Å². The Hall–Kier alpha value is -2.59. The van der Waals surface area contributed by atoms with Crippen LogP contribution in [0.2, 0.25) is 0 Å². The molecule has 104 valence electrons. The first-order valence-corrected chi connectivity index (χ1v) is 6.00. The van der Waals surface area contributed by atoms with Crippen molar-refractivity contribution in [1.29, 1.82) is 0 Å². The molecule has 0 aliphatic carbocycles. The third-order valence-corrected chi connectivity index (χ3v) is 2.60. The molecule has 1 aromatic rings. The van der Waals surface area contributed by atoms with Crippen LogP contribution in [0, 0.1) is 30.1 Å². The maximum atomic E-state index is 11.1. The molecular weight excluding hydrogens is 256 g/mol. The number of aliphatic carboxylic acids is 1. The third kappa shape index (κ3) is 4.26. The molecule has 0 radical (unpaired) electrons. The summed E-state index contributed by atoms with van der Waals surface area (Å²) in [7, 11) is 1.52. The van der Waals surface area contributed by atoms with Crippen molar-refractivity contribution in [1.82, 2.24) is 0 Å². The lowest BCUT2D eigenvalue weighted by molar-refractivity contribution is -0.139. The molecule has 0 aliphatic heterocycles. The highest BCUT2D eigenvalue weighted by atomic mass is 16.5. The number of methoxy groups -OCH3 is 1. The Kier molecular flexibility index (Phi) is 6.00. The average Bonchev–Trinajstić information content (AvgIpc) is 2.45. The van der Waals surface area contributed by atoms with E-state index in [-0.39, 0.29) is 6.61 Å². The molecule has 0 spiro atoms. The zero-order chi connectivity index (χ0) is 15.0. The van der Waals surface area contributed by atoms with Crippen LogP contribution in [0.1, 0.15) is 12.5 Å². The van der Waals surface area contributed by atoms with Crippen molar-refractivity contribution in [3.63, 3.8) is 0 Å². The Morgan fingerprint density at radius 1 is 1.45 bits per heavy atom. The van der Waals surface area contributed by atoms with Gasteiger partial charge in [-0.15, -0.1) is 12.3 Å². The van der Waals surface area contributed by atoms with Gasteiger partial charge in [-0.1, -0.05) is 17.9 Å². The van der Waals surface area contributed by atoms with Crippen LogP contribution in [0.15, 0.2) is 18.2 Å². The van der Waals surface area contributed by atoms with Gasteiger partial charge in [0.2, 0.25) is 0 Å². The van der Waals surface area contributed by atoms with Crippen LogP contribution in [-0.4, -0.2) is 24.8 Å². The fraction of sp³-hybridized carbons (Fsp3) is 0.312. The zero-order valence-electron chi connectivity index (χ0n) is 11.5. The quantitative estimate of drug-likeness (QED) is 0.804. The van der Waals surface area contributed by atoms with E-state index in [1.165, 1.54) is 7.11 Å². The lowest BCUT2D eigenvalue weighted by atomic mass is 9.99. The van der Waals surface area contributed by atoms with E-state index in [0.717, 1.165) is 5.56 Å². The van der Waals surface area contributed by atoms with Crippen molar-refractivity contribution < 1.29 is 19.4 Å². The number of hydrogen-bond donors (Lipinski definition) is 1. The van der Waals surface area contributed by atoms with E-state index < -0.39 is 11.9 Å². The fourth-order valence-corrected chi connectivity index (χ4v) is 1.69. The zero-order valence-corrected chi connectivity index (χ0v) is 11.5. The van der Waals surface area contributed by atoms with Crippen molar-refractivity contribution >= 4 is 5.97 Å². The predicted octanol–water partition coefficient (Wildman–Crippen LogP) is 1.97. The molecule has 1 aromatic carbocycles. The topological polar surface area (TPSA) is 55.8 Å². The molecule has 1 unspecified atom stereocenters. The highest BCUT2D eigenvalue weighted by Gasteiger charge is 2.16. The second-order valence-electron chi connectivity index (χ2n) is 3.97. The highest BCUT2D eigenvalue weighted by Crippen LogP contribution is 2.28. The second kappa shape index (κ2) is 7.76. The molecule has 0 saturated heterocycles. The molecule has 4 heteroatoms. The lowest BCUT2D eigenvalue weighted by Gasteiger charge is -2.11. The summed E-state index contributed by atoms with van der Waals surface area (Å²) >= 11 is 0. The van der Waals surface area contributed by atoms with Crippen molar-refractivity contribution in [2.75, 3.05) is 13.7 Å². The van der Waals surface area contributed by atoms with Gasteiger partial charge in [0.25, 0.3) is 0 Å². The maximum absolute atomic E-state index is 11.1. The van der Waals surface area contributed by atoms with Crippen LogP contribution in [0.25, 0.3) is 0 Å². The molecule has 0 aliphatic rings. The fourth-order valence-electron chi connectivity index (χ4n) is 1.69. The number of hydrogen-bond acceptors (Lipinski definition) is 3. The van der Waals surface area contributed by atoms with Gasteiger partial charge in [-0.05, 0) is 31.0 Å². The van der Waals surface area contributed by atoms with Gasteiger partial charge in [-0.3, -0.25) is 4.79 Å². The number of carboxylic acids is 1. The summed E-state index contributed by atoms with van der Waals surface area (Å²) in [5.74, 6) is 7.05. The minimum Gasteiger partial charge on any atom is -0.493 e. The molecule has 4 nitrogen and oxygen atoms in total. The molecule has 0 amide bonds. The Balaban J connectivity index is 2.94. The van der Waals surface area contributed by atoms with E-state index in [1.54, 1.807) is 25.1 Å². The number of terminal acetylenes is 1. The van der Waals surface area contributed by atoms with E-state index in [1.807, 2.05) is 0 Å². The van der Waals surface area contributed by atoms with Crippen LogP contribution in [0.3, 0.4) is 0 Å². The van der Waals surface area contributed by atoms with Crippen LogP contribution >= 0.6 is 0 Å². The summed E-state index contributed by atoms with van der Waals surface area (Å²) in [6.45, 7) is 1.77. The Bertz CT molecular complexity index is 572. The van der Waals surface area contributed by atoms with E-state index in [0.29, 0.717) is 17.9 Å². The summed E-state index contributed by atoms with van der Waals surface area (Å²) < 4.78 is 10.5. The minimum atomic E-state index is -0.939. The van der Waals surface area contributed by atoms with Gasteiger partial charge in [0, 0.05) is 0 Å². The summed E-state index contributed by atoms with van der Waals surface area (Å²) in [5, 5.41) is 9.08. The van der Waals surface area contributed by atoms with E-state index in [4.69, 9.17) is 21.0 Å². The summed E-state index contributed by atoms with van der Waals surface area (Å²) in [5.41, 5.74) is 0.810. The smallest absolute Gasteiger partial charge is 0.319 e. The molecule has 1 N–H and O–H groups in total. The standard InChI is InChI=1S/C16H16O4/c1-4-6-13(16(17)18)10-12-7-8-14(20-9-5-2)15(11-12)19-3/h2,7-8,11,13H,9-10H2,1,3H3,(H,17,18).